The van der Waals surface area contributed by atoms with Gasteiger partial charge in [-0.2, -0.15) is 0 Å². The van der Waals surface area contributed by atoms with Crippen molar-refractivity contribution >= 4 is 23.1 Å². The number of aryl methyl sites for hydroxylation is 2. The predicted molar refractivity (Wildman–Crippen MR) is 111 cm³/mol. The highest BCUT2D eigenvalue weighted by Crippen LogP contribution is 2.34. The maximum absolute atomic E-state index is 4.94. The number of pyridine rings is 1. The lowest BCUT2D eigenvalue weighted by molar-refractivity contribution is 1.37. The fourth-order valence-electron chi connectivity index (χ4n) is 3.94. The van der Waals surface area contributed by atoms with E-state index in [1.165, 1.54) is 38.8 Å². The molecule has 0 fully saturated rings. The van der Waals surface area contributed by atoms with Crippen LogP contribution < -0.4 is 0 Å². The van der Waals surface area contributed by atoms with Crippen molar-refractivity contribution in [2.45, 2.75) is 13.8 Å². The number of hydrogen-bond donors (Lipinski definition) is 0. The summed E-state index contributed by atoms with van der Waals surface area (Å²) in [6, 6.07) is 23.9. The van der Waals surface area contributed by atoms with Gasteiger partial charge < -0.3 is 0 Å². The normalized spacial score (nSPS) is 12.1. The average molecular weight is 333 g/mol. The first-order chi connectivity index (χ1) is 12.7. The third kappa shape index (κ3) is 2.44. The van der Waals surface area contributed by atoms with Gasteiger partial charge in [-0.15, -0.1) is 0 Å². The smallest absolute Gasteiger partial charge is 0.0721 e. The van der Waals surface area contributed by atoms with E-state index in [9.17, 15) is 0 Å². The van der Waals surface area contributed by atoms with Crippen LogP contribution in [0.2, 0.25) is 0 Å². The summed E-state index contributed by atoms with van der Waals surface area (Å²) in [5.74, 6) is 0. The van der Waals surface area contributed by atoms with Crippen molar-refractivity contribution in [2.24, 2.45) is 0 Å². The third-order valence-corrected chi connectivity index (χ3v) is 5.05. The summed E-state index contributed by atoms with van der Waals surface area (Å²) >= 11 is 0. The highest BCUT2D eigenvalue weighted by atomic mass is 14.7. The quantitative estimate of drug-likeness (QED) is 0.351. The first-order valence-electron chi connectivity index (χ1n) is 8.98. The van der Waals surface area contributed by atoms with Gasteiger partial charge in [-0.3, -0.25) is 0 Å². The Hall–Kier alpha value is -3.19. The molecule has 1 heteroatoms. The van der Waals surface area contributed by atoms with Crippen LogP contribution in [0.4, 0.5) is 0 Å². The Morgan fingerprint density at radius 3 is 2.19 bits per heavy atom. The van der Waals surface area contributed by atoms with E-state index in [-0.39, 0.29) is 0 Å². The second-order valence-corrected chi connectivity index (χ2v) is 7.13. The molecule has 1 aromatic heterocycles. The summed E-state index contributed by atoms with van der Waals surface area (Å²) in [5, 5.41) is 1.27. The number of hydrogen-bond acceptors (Lipinski definition) is 1. The van der Waals surface area contributed by atoms with Gasteiger partial charge in [0.25, 0.3) is 0 Å². The van der Waals surface area contributed by atoms with Crippen molar-refractivity contribution in [3.8, 4) is 22.4 Å². The lowest BCUT2D eigenvalue weighted by Crippen LogP contribution is -1.89. The van der Waals surface area contributed by atoms with E-state index in [0.29, 0.717) is 0 Å². The van der Waals surface area contributed by atoms with Gasteiger partial charge in [0.05, 0.1) is 11.2 Å². The van der Waals surface area contributed by atoms with Gasteiger partial charge in [0.2, 0.25) is 0 Å². The Bertz CT molecular complexity index is 1180. The van der Waals surface area contributed by atoms with Gasteiger partial charge in [-0.1, -0.05) is 71.8 Å². The van der Waals surface area contributed by atoms with E-state index in [1.54, 1.807) is 0 Å². The summed E-state index contributed by atoms with van der Waals surface area (Å²) < 4.78 is 0. The molecule has 0 amide bonds. The molecule has 0 N–H and O–H groups in total. The molecule has 1 aliphatic carbocycles. The molecule has 1 nitrogen and oxygen atoms in total. The SMILES string of the molecule is Cc1cc(C)cc(-c2cccc(-c3cc4c5c(cccc5n3)C=C4)c2)c1. The molecule has 0 bridgehead atoms. The van der Waals surface area contributed by atoms with Gasteiger partial charge in [0.15, 0.2) is 0 Å². The Labute approximate surface area is 153 Å². The Morgan fingerprint density at radius 2 is 1.35 bits per heavy atom. The molecule has 26 heavy (non-hydrogen) atoms. The summed E-state index contributed by atoms with van der Waals surface area (Å²) in [5.41, 5.74) is 10.9. The standard InChI is InChI=1S/C25H19N/c1-16-11-17(2)13-22(12-16)19-6-3-7-20(14-19)24-15-21-10-9-18-5-4-8-23(26-24)25(18)21/h3-15H,1-2H3. The van der Waals surface area contributed by atoms with Gasteiger partial charge in [-0.05, 0) is 54.3 Å². The van der Waals surface area contributed by atoms with E-state index in [2.05, 4.69) is 92.7 Å². The topological polar surface area (TPSA) is 12.9 Å². The molecule has 0 atom stereocenters. The molecule has 5 rings (SSSR count). The molecule has 0 radical (unpaired) electrons. The summed E-state index contributed by atoms with van der Waals surface area (Å²) in [4.78, 5) is 4.94. The summed E-state index contributed by atoms with van der Waals surface area (Å²) in [6.07, 6.45) is 4.37. The van der Waals surface area contributed by atoms with Crippen molar-refractivity contribution in [1.29, 1.82) is 0 Å². The largest absolute Gasteiger partial charge is 0.248 e. The van der Waals surface area contributed by atoms with Crippen LogP contribution >= 0.6 is 0 Å². The van der Waals surface area contributed by atoms with Crippen molar-refractivity contribution in [3.05, 3.63) is 89.0 Å². The van der Waals surface area contributed by atoms with Crippen LogP contribution in [0.1, 0.15) is 22.3 Å². The van der Waals surface area contributed by atoms with Crippen molar-refractivity contribution in [2.75, 3.05) is 0 Å². The summed E-state index contributed by atoms with van der Waals surface area (Å²) in [7, 11) is 0. The minimum Gasteiger partial charge on any atom is -0.248 e. The van der Waals surface area contributed by atoms with Crippen LogP contribution in [-0.4, -0.2) is 4.98 Å². The molecule has 0 unspecified atom stereocenters. The molecule has 4 aromatic rings. The second-order valence-electron chi connectivity index (χ2n) is 7.13. The molecular weight excluding hydrogens is 314 g/mol. The van der Waals surface area contributed by atoms with Crippen LogP contribution in [0.5, 0.6) is 0 Å². The highest BCUT2D eigenvalue weighted by Gasteiger charge is 2.12. The van der Waals surface area contributed by atoms with Gasteiger partial charge in [0.1, 0.15) is 0 Å². The van der Waals surface area contributed by atoms with Crippen molar-refractivity contribution in [1.82, 2.24) is 4.98 Å². The van der Waals surface area contributed by atoms with E-state index in [4.69, 9.17) is 4.98 Å². The number of nitrogens with zero attached hydrogens (tertiary/aromatic N) is 1. The molecule has 0 saturated carbocycles. The zero-order valence-corrected chi connectivity index (χ0v) is 15.0. The maximum Gasteiger partial charge on any atom is 0.0721 e. The Morgan fingerprint density at radius 1 is 0.615 bits per heavy atom. The van der Waals surface area contributed by atoms with Gasteiger partial charge in [-0.25, -0.2) is 4.98 Å². The Balaban J connectivity index is 1.66. The highest BCUT2D eigenvalue weighted by molar-refractivity contribution is 6.04. The molecule has 124 valence electrons. The van der Waals surface area contributed by atoms with Crippen LogP contribution in [0.25, 0.3) is 45.4 Å². The van der Waals surface area contributed by atoms with Crippen LogP contribution in [0, 0.1) is 13.8 Å². The first kappa shape index (κ1) is 15.1. The number of benzene rings is 3. The lowest BCUT2D eigenvalue weighted by Gasteiger charge is -2.09. The average Bonchev–Trinajstić information content (AvgIpc) is 3.06. The fourth-order valence-corrected chi connectivity index (χ4v) is 3.94. The fraction of sp³-hybridized carbons (Fsp3) is 0.0800. The van der Waals surface area contributed by atoms with E-state index < -0.39 is 0 Å². The van der Waals surface area contributed by atoms with Crippen molar-refractivity contribution < 1.29 is 0 Å². The number of rotatable bonds is 2. The van der Waals surface area contributed by atoms with Crippen LogP contribution in [-0.2, 0) is 0 Å². The third-order valence-electron chi connectivity index (χ3n) is 5.05. The van der Waals surface area contributed by atoms with Gasteiger partial charge in [0, 0.05) is 10.9 Å². The monoisotopic (exact) mass is 333 g/mol. The molecule has 1 heterocycles. The van der Waals surface area contributed by atoms with E-state index in [0.717, 1.165) is 16.8 Å². The first-order valence-corrected chi connectivity index (χ1v) is 8.98. The lowest BCUT2D eigenvalue weighted by atomic mass is 9.97. The number of aromatic nitrogens is 1. The molecule has 3 aromatic carbocycles. The zero-order valence-electron chi connectivity index (χ0n) is 15.0. The van der Waals surface area contributed by atoms with E-state index >= 15 is 0 Å². The molecular formula is C25H19N. The van der Waals surface area contributed by atoms with Crippen LogP contribution in [0.15, 0.2) is 66.7 Å². The van der Waals surface area contributed by atoms with Gasteiger partial charge >= 0.3 is 0 Å². The zero-order chi connectivity index (χ0) is 17.7. The maximum atomic E-state index is 4.94. The van der Waals surface area contributed by atoms with E-state index in [1.807, 2.05) is 0 Å². The predicted octanol–water partition coefficient (Wildman–Crippen LogP) is 6.67. The minimum absolute atomic E-state index is 1.03. The van der Waals surface area contributed by atoms with Crippen molar-refractivity contribution in [3.63, 3.8) is 0 Å². The molecule has 0 aliphatic heterocycles. The second kappa shape index (κ2) is 5.67. The summed E-state index contributed by atoms with van der Waals surface area (Å²) in [6.45, 7) is 4.30. The minimum atomic E-state index is 1.03. The Kier molecular flexibility index (Phi) is 3.29. The van der Waals surface area contributed by atoms with Crippen LogP contribution in [0.3, 0.4) is 0 Å². The molecule has 0 spiro atoms. The molecule has 0 saturated heterocycles. The molecule has 1 aliphatic rings.